The molecule has 0 heterocycles. The average molecular weight is 352 g/mol. The molecule has 7 heteroatoms. The molecular weight excluding hydrogens is 337 g/mol. The van der Waals surface area contributed by atoms with Crippen molar-refractivity contribution in [2.24, 2.45) is 0 Å². The molecule has 5 nitrogen and oxygen atoms in total. The molecule has 0 aliphatic carbocycles. The zero-order valence-electron chi connectivity index (χ0n) is 12.8. The molecule has 0 aliphatic rings. The Hall–Kier alpha value is -2.60. The van der Waals surface area contributed by atoms with Crippen LogP contribution in [-0.4, -0.2) is 25.6 Å². The zero-order valence-corrected chi connectivity index (χ0v) is 13.6. The highest BCUT2D eigenvalue weighted by atomic mass is 35.5. The number of rotatable bonds is 6. The fourth-order valence-electron chi connectivity index (χ4n) is 1.86. The molecule has 1 amide bonds. The molecule has 0 saturated carbocycles. The Balaban J connectivity index is 1.82. The van der Waals surface area contributed by atoms with E-state index in [-0.39, 0.29) is 17.1 Å². The van der Waals surface area contributed by atoms with Gasteiger partial charge in [-0.2, -0.15) is 0 Å². The van der Waals surface area contributed by atoms with E-state index in [1.165, 1.54) is 6.07 Å². The molecule has 0 spiro atoms. The number of hydrogen-bond acceptors (Lipinski definition) is 4. The minimum absolute atomic E-state index is 0.0556. The van der Waals surface area contributed by atoms with Gasteiger partial charge in [0.25, 0.3) is 5.91 Å². The molecule has 2 rings (SSSR count). The van der Waals surface area contributed by atoms with Gasteiger partial charge in [0, 0.05) is 6.54 Å². The van der Waals surface area contributed by atoms with Crippen LogP contribution in [0.2, 0.25) is 5.02 Å². The first kappa shape index (κ1) is 17.7. The van der Waals surface area contributed by atoms with Crippen molar-refractivity contribution < 1.29 is 23.5 Å². The first-order chi connectivity index (χ1) is 11.5. The number of carbonyl (C=O) groups excluding carboxylic acids is 2. The molecule has 24 heavy (non-hydrogen) atoms. The van der Waals surface area contributed by atoms with E-state index in [0.29, 0.717) is 5.75 Å². The van der Waals surface area contributed by atoms with Crippen LogP contribution in [0.15, 0.2) is 42.5 Å². The molecule has 126 valence electrons. The minimum atomic E-state index is -0.862. The van der Waals surface area contributed by atoms with Crippen LogP contribution < -0.4 is 10.1 Å². The maximum atomic E-state index is 13.1. The van der Waals surface area contributed by atoms with Crippen LogP contribution in [0.4, 0.5) is 4.39 Å². The van der Waals surface area contributed by atoms with Gasteiger partial charge < -0.3 is 14.8 Å². The third-order valence-electron chi connectivity index (χ3n) is 3.13. The quantitative estimate of drug-likeness (QED) is 0.813. The molecule has 0 bridgehead atoms. The number of carbonyl (C=O) groups is 2. The summed E-state index contributed by atoms with van der Waals surface area (Å²) in [5.41, 5.74) is 0.739. The van der Waals surface area contributed by atoms with Crippen molar-refractivity contribution in [3.63, 3.8) is 0 Å². The van der Waals surface area contributed by atoms with Crippen molar-refractivity contribution in [1.29, 1.82) is 0 Å². The van der Waals surface area contributed by atoms with Crippen LogP contribution in [0.1, 0.15) is 15.9 Å². The summed E-state index contributed by atoms with van der Waals surface area (Å²) in [4.78, 5) is 23.5. The van der Waals surface area contributed by atoms with Crippen molar-refractivity contribution in [2.75, 3.05) is 13.7 Å². The molecule has 0 atom stereocenters. The standard InChI is InChI=1S/C17H15ClFNO4/c1-23-13-5-2-11(3-6-13)9-20-16(21)10-24-17(22)14-8-12(19)4-7-15(14)18/h2-8H,9-10H2,1H3,(H,20,21). The van der Waals surface area contributed by atoms with Crippen LogP contribution in [0, 0.1) is 5.82 Å². The summed E-state index contributed by atoms with van der Waals surface area (Å²) < 4.78 is 23.0. The Morgan fingerprint density at radius 3 is 2.54 bits per heavy atom. The predicted octanol–water partition coefficient (Wildman–Crippen LogP) is 2.96. The highest BCUT2D eigenvalue weighted by molar-refractivity contribution is 6.33. The van der Waals surface area contributed by atoms with Gasteiger partial charge >= 0.3 is 5.97 Å². The molecular formula is C17H15ClFNO4. The smallest absolute Gasteiger partial charge is 0.340 e. The predicted molar refractivity (Wildman–Crippen MR) is 86.5 cm³/mol. The van der Waals surface area contributed by atoms with Gasteiger partial charge in [-0.3, -0.25) is 4.79 Å². The van der Waals surface area contributed by atoms with Crippen molar-refractivity contribution in [1.82, 2.24) is 5.32 Å². The van der Waals surface area contributed by atoms with E-state index in [9.17, 15) is 14.0 Å². The zero-order chi connectivity index (χ0) is 17.5. The second kappa shape index (κ2) is 8.31. The maximum absolute atomic E-state index is 13.1. The summed E-state index contributed by atoms with van der Waals surface area (Å²) in [7, 11) is 1.57. The van der Waals surface area contributed by atoms with Crippen LogP contribution in [0.5, 0.6) is 5.75 Å². The number of benzene rings is 2. The van der Waals surface area contributed by atoms with Gasteiger partial charge in [0.1, 0.15) is 11.6 Å². The van der Waals surface area contributed by atoms with E-state index < -0.39 is 24.3 Å². The number of methoxy groups -OCH3 is 1. The Labute approximate surface area is 143 Å². The molecule has 2 aromatic rings. The molecule has 1 N–H and O–H groups in total. The van der Waals surface area contributed by atoms with E-state index in [1.807, 2.05) is 0 Å². The number of esters is 1. The highest BCUT2D eigenvalue weighted by Gasteiger charge is 2.14. The van der Waals surface area contributed by atoms with E-state index >= 15 is 0 Å². The summed E-state index contributed by atoms with van der Waals surface area (Å²) in [5, 5.41) is 2.66. The van der Waals surface area contributed by atoms with E-state index in [4.69, 9.17) is 21.1 Å². The Morgan fingerprint density at radius 2 is 1.88 bits per heavy atom. The largest absolute Gasteiger partial charge is 0.497 e. The summed E-state index contributed by atoms with van der Waals surface area (Å²) >= 11 is 5.79. The maximum Gasteiger partial charge on any atom is 0.340 e. The van der Waals surface area contributed by atoms with Gasteiger partial charge in [-0.1, -0.05) is 23.7 Å². The van der Waals surface area contributed by atoms with E-state index in [1.54, 1.807) is 31.4 Å². The van der Waals surface area contributed by atoms with Gasteiger partial charge in [-0.15, -0.1) is 0 Å². The van der Waals surface area contributed by atoms with Gasteiger partial charge in [-0.25, -0.2) is 9.18 Å². The van der Waals surface area contributed by atoms with Crippen LogP contribution in [0.25, 0.3) is 0 Å². The number of ether oxygens (including phenoxy) is 2. The van der Waals surface area contributed by atoms with Crippen molar-refractivity contribution in [2.45, 2.75) is 6.54 Å². The van der Waals surface area contributed by atoms with Gasteiger partial charge in [0.2, 0.25) is 0 Å². The second-order valence-corrected chi connectivity index (χ2v) is 5.23. The number of halogens is 2. The van der Waals surface area contributed by atoms with Crippen LogP contribution in [0.3, 0.4) is 0 Å². The summed E-state index contributed by atoms with van der Waals surface area (Å²) in [5.74, 6) is -1.24. The number of nitrogens with one attached hydrogen (secondary N) is 1. The lowest BCUT2D eigenvalue weighted by molar-refractivity contribution is -0.124. The second-order valence-electron chi connectivity index (χ2n) is 4.83. The fourth-order valence-corrected chi connectivity index (χ4v) is 2.05. The van der Waals surface area contributed by atoms with Crippen molar-refractivity contribution in [3.8, 4) is 5.75 Å². The Morgan fingerprint density at radius 1 is 1.17 bits per heavy atom. The Bertz CT molecular complexity index is 734. The van der Waals surface area contributed by atoms with Gasteiger partial charge in [0.05, 0.1) is 17.7 Å². The molecule has 0 unspecified atom stereocenters. The fraction of sp³-hybridized carbons (Fsp3) is 0.176. The first-order valence-electron chi connectivity index (χ1n) is 7.01. The third kappa shape index (κ3) is 4.96. The average Bonchev–Trinajstić information content (AvgIpc) is 2.60. The minimum Gasteiger partial charge on any atom is -0.497 e. The number of hydrogen-bond donors (Lipinski definition) is 1. The van der Waals surface area contributed by atoms with Gasteiger partial charge in [0.15, 0.2) is 6.61 Å². The van der Waals surface area contributed by atoms with Gasteiger partial charge in [-0.05, 0) is 35.9 Å². The molecule has 0 radical (unpaired) electrons. The molecule has 0 saturated heterocycles. The monoisotopic (exact) mass is 351 g/mol. The van der Waals surface area contributed by atoms with Crippen molar-refractivity contribution >= 4 is 23.5 Å². The molecule has 2 aromatic carbocycles. The first-order valence-corrected chi connectivity index (χ1v) is 7.39. The number of amides is 1. The Kier molecular flexibility index (Phi) is 6.14. The summed E-state index contributed by atoms with van der Waals surface area (Å²) in [6.07, 6.45) is 0. The lowest BCUT2D eigenvalue weighted by atomic mass is 10.2. The van der Waals surface area contributed by atoms with Crippen molar-refractivity contribution in [3.05, 3.63) is 64.4 Å². The van der Waals surface area contributed by atoms with E-state index in [0.717, 1.165) is 17.7 Å². The molecule has 0 fully saturated rings. The normalized spacial score (nSPS) is 10.1. The van der Waals surface area contributed by atoms with Crippen LogP contribution >= 0.6 is 11.6 Å². The third-order valence-corrected chi connectivity index (χ3v) is 3.46. The van der Waals surface area contributed by atoms with Crippen LogP contribution in [-0.2, 0) is 16.1 Å². The molecule has 0 aliphatic heterocycles. The topological polar surface area (TPSA) is 64.6 Å². The summed E-state index contributed by atoms with van der Waals surface area (Å²) in [6.45, 7) is -0.205. The lowest BCUT2D eigenvalue weighted by Gasteiger charge is -2.08. The highest BCUT2D eigenvalue weighted by Crippen LogP contribution is 2.18. The SMILES string of the molecule is COc1ccc(CNC(=O)COC(=O)c2cc(F)ccc2Cl)cc1. The summed E-state index contributed by atoms with van der Waals surface area (Å²) in [6, 6.07) is 10.5. The van der Waals surface area contributed by atoms with E-state index in [2.05, 4.69) is 5.32 Å². The lowest BCUT2D eigenvalue weighted by Crippen LogP contribution is -2.28. The molecule has 0 aromatic heterocycles.